The van der Waals surface area contributed by atoms with Crippen LogP contribution in [0.3, 0.4) is 0 Å². The van der Waals surface area contributed by atoms with E-state index in [-0.39, 0.29) is 36.8 Å². The molecule has 0 aromatic carbocycles. The minimum absolute atomic E-state index is 0. The SMILES string of the molecule is CC(C)NC(=O)CNC(=O)CC1CCNCC1.Cl. The number of nitrogens with one attached hydrogen (secondary N) is 3. The molecule has 0 spiro atoms. The average Bonchev–Trinajstić information content (AvgIpc) is 2.27. The van der Waals surface area contributed by atoms with E-state index in [0.717, 1.165) is 25.9 Å². The van der Waals surface area contributed by atoms with Crippen LogP contribution in [0.4, 0.5) is 0 Å². The molecular formula is C12H24ClN3O2. The number of carbonyl (C=O) groups excluding carboxylic acids is 2. The Labute approximate surface area is 115 Å². The number of hydrogen-bond acceptors (Lipinski definition) is 3. The molecule has 0 aromatic heterocycles. The van der Waals surface area contributed by atoms with Crippen molar-refractivity contribution in [1.82, 2.24) is 16.0 Å². The molecule has 6 heteroatoms. The van der Waals surface area contributed by atoms with Crippen LogP contribution in [-0.4, -0.2) is 37.5 Å². The van der Waals surface area contributed by atoms with E-state index in [1.165, 1.54) is 0 Å². The van der Waals surface area contributed by atoms with E-state index in [1.807, 2.05) is 13.8 Å². The lowest BCUT2D eigenvalue weighted by Crippen LogP contribution is -2.40. The van der Waals surface area contributed by atoms with Crippen LogP contribution in [0.15, 0.2) is 0 Å². The summed E-state index contributed by atoms with van der Waals surface area (Å²) in [4.78, 5) is 22.9. The Morgan fingerprint density at radius 3 is 2.39 bits per heavy atom. The molecule has 3 N–H and O–H groups in total. The molecule has 0 unspecified atom stereocenters. The van der Waals surface area contributed by atoms with Gasteiger partial charge in [-0.1, -0.05) is 0 Å². The van der Waals surface area contributed by atoms with Crippen molar-refractivity contribution in [2.75, 3.05) is 19.6 Å². The van der Waals surface area contributed by atoms with E-state index in [2.05, 4.69) is 16.0 Å². The molecule has 106 valence electrons. The highest BCUT2D eigenvalue weighted by molar-refractivity contribution is 5.85. The summed E-state index contributed by atoms with van der Waals surface area (Å²) in [5, 5.41) is 8.67. The van der Waals surface area contributed by atoms with Gasteiger partial charge in [0.05, 0.1) is 6.54 Å². The van der Waals surface area contributed by atoms with E-state index < -0.39 is 0 Å². The second kappa shape index (κ2) is 9.16. The molecule has 0 bridgehead atoms. The third kappa shape index (κ3) is 7.50. The first-order chi connectivity index (χ1) is 8.08. The quantitative estimate of drug-likeness (QED) is 0.683. The largest absolute Gasteiger partial charge is 0.352 e. The predicted molar refractivity (Wildman–Crippen MR) is 73.7 cm³/mol. The summed E-state index contributed by atoms with van der Waals surface area (Å²) in [5.41, 5.74) is 0. The first-order valence-electron chi connectivity index (χ1n) is 6.34. The maximum absolute atomic E-state index is 11.6. The van der Waals surface area contributed by atoms with Crippen LogP contribution in [0.5, 0.6) is 0 Å². The van der Waals surface area contributed by atoms with E-state index >= 15 is 0 Å². The Bertz CT molecular complexity index is 266. The molecule has 0 radical (unpaired) electrons. The Morgan fingerprint density at radius 1 is 1.22 bits per heavy atom. The van der Waals surface area contributed by atoms with Gasteiger partial charge in [0.25, 0.3) is 0 Å². The monoisotopic (exact) mass is 277 g/mol. The van der Waals surface area contributed by atoms with Gasteiger partial charge in [0.1, 0.15) is 0 Å². The zero-order chi connectivity index (χ0) is 12.7. The van der Waals surface area contributed by atoms with Crippen molar-refractivity contribution >= 4 is 24.2 Å². The molecule has 1 saturated heterocycles. The fourth-order valence-corrected chi connectivity index (χ4v) is 1.97. The molecular weight excluding hydrogens is 254 g/mol. The molecule has 1 fully saturated rings. The van der Waals surface area contributed by atoms with Crippen LogP contribution in [0.1, 0.15) is 33.1 Å². The van der Waals surface area contributed by atoms with Gasteiger partial charge in [-0.15, -0.1) is 12.4 Å². The summed E-state index contributed by atoms with van der Waals surface area (Å²) in [5.74, 6) is 0.318. The first-order valence-corrected chi connectivity index (χ1v) is 6.34. The van der Waals surface area contributed by atoms with Crippen molar-refractivity contribution in [2.24, 2.45) is 5.92 Å². The summed E-state index contributed by atoms with van der Waals surface area (Å²) in [6, 6.07) is 0.115. The Kier molecular flexibility index (Phi) is 8.75. The summed E-state index contributed by atoms with van der Waals surface area (Å²) in [6.07, 6.45) is 2.63. The standard InChI is InChI=1S/C12H23N3O2.ClH/c1-9(2)15-12(17)8-14-11(16)7-10-3-5-13-6-4-10;/h9-10,13H,3-8H2,1-2H3,(H,14,16)(H,15,17);1H. The Hall–Kier alpha value is -0.810. The molecule has 0 aliphatic carbocycles. The lowest BCUT2D eigenvalue weighted by Gasteiger charge is -2.21. The average molecular weight is 278 g/mol. The maximum atomic E-state index is 11.6. The van der Waals surface area contributed by atoms with E-state index in [1.54, 1.807) is 0 Å². The van der Waals surface area contributed by atoms with Gasteiger partial charge in [0, 0.05) is 12.5 Å². The van der Waals surface area contributed by atoms with E-state index in [0.29, 0.717) is 12.3 Å². The van der Waals surface area contributed by atoms with Crippen molar-refractivity contribution in [3.8, 4) is 0 Å². The Balaban J connectivity index is 0.00000289. The predicted octanol–water partition coefficient (Wildman–Crippen LogP) is 0.439. The van der Waals surface area contributed by atoms with Crippen LogP contribution in [-0.2, 0) is 9.59 Å². The van der Waals surface area contributed by atoms with Crippen molar-refractivity contribution < 1.29 is 9.59 Å². The molecule has 5 nitrogen and oxygen atoms in total. The van der Waals surface area contributed by atoms with Crippen LogP contribution in [0.25, 0.3) is 0 Å². The molecule has 18 heavy (non-hydrogen) atoms. The summed E-state index contributed by atoms with van der Waals surface area (Å²) >= 11 is 0. The van der Waals surface area contributed by atoms with Crippen molar-refractivity contribution in [1.29, 1.82) is 0 Å². The highest BCUT2D eigenvalue weighted by Gasteiger charge is 2.16. The fraction of sp³-hybridized carbons (Fsp3) is 0.833. The zero-order valence-electron chi connectivity index (χ0n) is 11.1. The van der Waals surface area contributed by atoms with Crippen LogP contribution in [0, 0.1) is 5.92 Å². The third-order valence-electron chi connectivity index (χ3n) is 2.83. The highest BCUT2D eigenvalue weighted by atomic mass is 35.5. The molecule has 0 atom stereocenters. The number of rotatable bonds is 5. The topological polar surface area (TPSA) is 70.2 Å². The lowest BCUT2D eigenvalue weighted by molar-refractivity contribution is -0.127. The lowest BCUT2D eigenvalue weighted by atomic mass is 9.94. The van der Waals surface area contributed by atoms with E-state index in [4.69, 9.17) is 0 Å². The van der Waals surface area contributed by atoms with Crippen LogP contribution < -0.4 is 16.0 Å². The van der Waals surface area contributed by atoms with Gasteiger partial charge in [-0.05, 0) is 45.7 Å². The first kappa shape index (κ1) is 17.2. The molecule has 1 aliphatic heterocycles. The molecule has 1 rings (SSSR count). The minimum Gasteiger partial charge on any atom is -0.352 e. The van der Waals surface area contributed by atoms with Gasteiger partial charge in [-0.25, -0.2) is 0 Å². The van der Waals surface area contributed by atoms with Gasteiger partial charge in [-0.2, -0.15) is 0 Å². The number of amides is 2. The number of carbonyl (C=O) groups is 2. The molecule has 1 aliphatic rings. The minimum atomic E-state index is -0.126. The number of piperidine rings is 1. The normalized spacial score (nSPS) is 15.9. The summed E-state index contributed by atoms with van der Waals surface area (Å²) in [6.45, 7) is 5.86. The fourth-order valence-electron chi connectivity index (χ4n) is 1.97. The molecule has 0 aromatic rings. The van der Waals surface area contributed by atoms with Gasteiger partial charge >= 0.3 is 0 Å². The van der Waals surface area contributed by atoms with Gasteiger partial charge < -0.3 is 16.0 Å². The summed E-state index contributed by atoms with van der Waals surface area (Å²) in [7, 11) is 0. The smallest absolute Gasteiger partial charge is 0.239 e. The van der Waals surface area contributed by atoms with Gasteiger partial charge in [-0.3, -0.25) is 9.59 Å². The van der Waals surface area contributed by atoms with Crippen molar-refractivity contribution in [3.05, 3.63) is 0 Å². The zero-order valence-corrected chi connectivity index (χ0v) is 11.9. The highest BCUT2D eigenvalue weighted by Crippen LogP contribution is 2.15. The van der Waals surface area contributed by atoms with Crippen LogP contribution >= 0.6 is 12.4 Å². The number of hydrogen-bond donors (Lipinski definition) is 3. The van der Waals surface area contributed by atoms with E-state index in [9.17, 15) is 9.59 Å². The van der Waals surface area contributed by atoms with Crippen molar-refractivity contribution in [3.63, 3.8) is 0 Å². The third-order valence-corrected chi connectivity index (χ3v) is 2.83. The molecule has 1 heterocycles. The second-order valence-corrected chi connectivity index (χ2v) is 4.90. The Morgan fingerprint density at radius 2 is 1.83 bits per heavy atom. The van der Waals surface area contributed by atoms with Crippen LogP contribution in [0.2, 0.25) is 0 Å². The number of halogens is 1. The molecule has 2 amide bonds. The summed E-state index contributed by atoms with van der Waals surface area (Å²) < 4.78 is 0. The maximum Gasteiger partial charge on any atom is 0.239 e. The second-order valence-electron chi connectivity index (χ2n) is 4.90. The molecule has 0 saturated carbocycles. The van der Waals surface area contributed by atoms with Crippen molar-refractivity contribution in [2.45, 2.75) is 39.2 Å². The van der Waals surface area contributed by atoms with Gasteiger partial charge in [0.2, 0.25) is 11.8 Å². The van der Waals surface area contributed by atoms with Gasteiger partial charge in [0.15, 0.2) is 0 Å².